The van der Waals surface area contributed by atoms with Gasteiger partial charge < -0.3 is 9.47 Å². The largest absolute Gasteiger partial charge is 0.462 e. The number of anilines is 1. The molecule has 0 aliphatic carbocycles. The molecule has 0 aromatic heterocycles. The quantitative estimate of drug-likeness (QED) is 0.609. The van der Waals surface area contributed by atoms with Crippen LogP contribution in [0.4, 0.5) is 5.69 Å². The number of hydrogen-bond acceptors (Lipinski definition) is 4. The van der Waals surface area contributed by atoms with Gasteiger partial charge in [0.05, 0.1) is 35.5 Å². The van der Waals surface area contributed by atoms with E-state index in [1.54, 1.807) is 26.2 Å². The SMILES string of the molecule is CCOC(=O)c1ccc(N[S+](C)CCOC)cc1. The van der Waals surface area contributed by atoms with E-state index in [0.717, 1.165) is 18.0 Å². The maximum absolute atomic E-state index is 11.5. The lowest BCUT2D eigenvalue weighted by Gasteiger charge is -2.06. The van der Waals surface area contributed by atoms with Crippen molar-refractivity contribution in [2.45, 2.75) is 6.92 Å². The second-order valence-corrected chi connectivity index (χ2v) is 5.62. The van der Waals surface area contributed by atoms with Crippen LogP contribution < -0.4 is 4.72 Å². The highest BCUT2D eigenvalue weighted by molar-refractivity contribution is 7.97. The summed E-state index contributed by atoms with van der Waals surface area (Å²) in [5, 5.41) is 0. The van der Waals surface area contributed by atoms with Crippen LogP contribution in [-0.4, -0.2) is 38.3 Å². The summed E-state index contributed by atoms with van der Waals surface area (Å²) in [6.07, 6.45) is 2.12. The molecule has 1 unspecified atom stereocenters. The predicted molar refractivity (Wildman–Crippen MR) is 76.1 cm³/mol. The first kappa shape index (κ1) is 14.9. The minimum Gasteiger partial charge on any atom is -0.462 e. The topological polar surface area (TPSA) is 47.6 Å². The van der Waals surface area contributed by atoms with E-state index in [4.69, 9.17) is 9.47 Å². The summed E-state index contributed by atoms with van der Waals surface area (Å²) in [7, 11) is 1.70. The third-order valence-corrected chi connectivity index (χ3v) is 3.64. The minimum absolute atomic E-state index is 0.0672. The van der Waals surface area contributed by atoms with Crippen molar-refractivity contribution in [2.75, 3.05) is 37.1 Å². The maximum Gasteiger partial charge on any atom is 0.338 e. The van der Waals surface area contributed by atoms with Crippen LogP contribution in [0.15, 0.2) is 24.3 Å². The van der Waals surface area contributed by atoms with Crippen LogP contribution in [0.1, 0.15) is 17.3 Å². The molecule has 0 heterocycles. The molecule has 0 amide bonds. The zero-order valence-corrected chi connectivity index (χ0v) is 11.9. The molecule has 0 saturated heterocycles. The maximum atomic E-state index is 11.5. The smallest absolute Gasteiger partial charge is 0.338 e. The fraction of sp³-hybridized carbons (Fsp3) is 0.462. The van der Waals surface area contributed by atoms with Gasteiger partial charge in [-0.2, -0.15) is 0 Å². The van der Waals surface area contributed by atoms with Gasteiger partial charge >= 0.3 is 5.97 Å². The molecule has 1 aromatic rings. The van der Waals surface area contributed by atoms with Crippen molar-refractivity contribution in [2.24, 2.45) is 0 Å². The molecule has 0 fully saturated rings. The van der Waals surface area contributed by atoms with Crippen molar-refractivity contribution < 1.29 is 14.3 Å². The Labute approximate surface area is 111 Å². The van der Waals surface area contributed by atoms with Gasteiger partial charge in [0.2, 0.25) is 0 Å². The number of carbonyl (C=O) groups excluding carboxylic acids is 1. The molecule has 0 radical (unpaired) electrons. The fourth-order valence-electron chi connectivity index (χ4n) is 1.35. The third-order valence-electron chi connectivity index (χ3n) is 2.28. The van der Waals surface area contributed by atoms with Crippen molar-refractivity contribution in [1.29, 1.82) is 0 Å². The Kier molecular flexibility index (Phi) is 6.60. The van der Waals surface area contributed by atoms with E-state index in [1.807, 2.05) is 12.1 Å². The van der Waals surface area contributed by atoms with E-state index in [9.17, 15) is 4.79 Å². The molecule has 5 heteroatoms. The van der Waals surface area contributed by atoms with Gasteiger partial charge in [0.25, 0.3) is 0 Å². The molecular weight excluding hydrogens is 250 g/mol. The first-order chi connectivity index (χ1) is 8.67. The molecule has 0 aliphatic heterocycles. The fourth-order valence-corrected chi connectivity index (χ4v) is 2.41. The summed E-state index contributed by atoms with van der Waals surface area (Å²) in [5.41, 5.74) is 1.58. The van der Waals surface area contributed by atoms with Crippen LogP contribution in [0.2, 0.25) is 0 Å². The molecule has 0 bridgehead atoms. The predicted octanol–water partition coefficient (Wildman–Crippen LogP) is 2.08. The van der Waals surface area contributed by atoms with Gasteiger partial charge in [-0.05, 0) is 31.2 Å². The summed E-state index contributed by atoms with van der Waals surface area (Å²) in [4.78, 5) is 11.5. The van der Waals surface area contributed by atoms with E-state index < -0.39 is 0 Å². The van der Waals surface area contributed by atoms with E-state index in [-0.39, 0.29) is 17.1 Å². The molecule has 1 aromatic carbocycles. The van der Waals surface area contributed by atoms with Crippen LogP contribution in [0.5, 0.6) is 0 Å². The average Bonchev–Trinajstić information content (AvgIpc) is 2.37. The first-order valence-corrected chi connectivity index (χ1v) is 7.63. The molecule has 1 rings (SSSR count). The zero-order chi connectivity index (χ0) is 13.4. The Hall–Kier alpha value is -1.20. The van der Waals surface area contributed by atoms with Gasteiger partial charge in [0.1, 0.15) is 6.26 Å². The molecule has 0 saturated carbocycles. The van der Waals surface area contributed by atoms with Gasteiger partial charge in [-0.1, -0.05) is 0 Å². The van der Waals surface area contributed by atoms with Crippen LogP contribution in [0, 0.1) is 0 Å². The number of ether oxygens (including phenoxy) is 2. The number of benzene rings is 1. The van der Waals surface area contributed by atoms with Crippen LogP contribution >= 0.6 is 0 Å². The van der Waals surface area contributed by atoms with Crippen molar-refractivity contribution in [3.05, 3.63) is 29.8 Å². The Morgan fingerprint density at radius 3 is 2.56 bits per heavy atom. The number of carbonyl (C=O) groups is 1. The Bertz CT molecular complexity index is 367. The summed E-state index contributed by atoms with van der Waals surface area (Å²) in [6, 6.07) is 7.33. The van der Waals surface area contributed by atoms with E-state index in [1.165, 1.54) is 0 Å². The normalized spacial score (nSPS) is 11.9. The van der Waals surface area contributed by atoms with Crippen molar-refractivity contribution >= 4 is 22.7 Å². The molecule has 100 valence electrons. The molecule has 0 aliphatic rings. The van der Waals surface area contributed by atoms with Gasteiger partial charge in [0, 0.05) is 7.11 Å². The summed E-state index contributed by atoms with van der Waals surface area (Å²) in [5.74, 6) is 0.690. The lowest BCUT2D eigenvalue weighted by Crippen LogP contribution is -2.18. The number of nitrogens with one attached hydrogen (secondary N) is 1. The Morgan fingerprint density at radius 2 is 2.00 bits per heavy atom. The van der Waals surface area contributed by atoms with E-state index >= 15 is 0 Å². The second-order valence-electron chi connectivity index (χ2n) is 3.73. The number of hydrogen-bond donors (Lipinski definition) is 1. The number of methoxy groups -OCH3 is 1. The van der Waals surface area contributed by atoms with Crippen molar-refractivity contribution in [1.82, 2.24) is 0 Å². The average molecular weight is 270 g/mol. The van der Waals surface area contributed by atoms with Gasteiger partial charge in [-0.15, -0.1) is 0 Å². The van der Waals surface area contributed by atoms with Crippen LogP contribution in [0.3, 0.4) is 0 Å². The minimum atomic E-state index is -0.279. The van der Waals surface area contributed by atoms with Gasteiger partial charge in [0.15, 0.2) is 5.75 Å². The Morgan fingerprint density at radius 1 is 1.33 bits per heavy atom. The van der Waals surface area contributed by atoms with E-state index in [2.05, 4.69) is 11.0 Å². The van der Waals surface area contributed by atoms with Crippen LogP contribution in [-0.2, 0) is 20.6 Å². The monoisotopic (exact) mass is 270 g/mol. The zero-order valence-electron chi connectivity index (χ0n) is 11.1. The molecule has 18 heavy (non-hydrogen) atoms. The highest BCUT2D eigenvalue weighted by atomic mass is 32.2. The summed E-state index contributed by atoms with van der Waals surface area (Å²) < 4.78 is 13.3. The lowest BCUT2D eigenvalue weighted by atomic mass is 10.2. The molecule has 1 atom stereocenters. The van der Waals surface area contributed by atoms with Crippen molar-refractivity contribution in [3.8, 4) is 0 Å². The van der Waals surface area contributed by atoms with Crippen LogP contribution in [0.25, 0.3) is 0 Å². The first-order valence-electron chi connectivity index (χ1n) is 5.82. The van der Waals surface area contributed by atoms with Gasteiger partial charge in [-0.25, -0.2) is 9.52 Å². The van der Waals surface area contributed by atoms with Gasteiger partial charge in [-0.3, -0.25) is 0 Å². The molecule has 4 nitrogen and oxygen atoms in total. The summed E-state index contributed by atoms with van der Waals surface area (Å²) in [6.45, 7) is 2.94. The molecule has 1 N–H and O–H groups in total. The third kappa shape index (κ3) is 4.98. The summed E-state index contributed by atoms with van der Waals surface area (Å²) >= 11 is 0.0672. The second kappa shape index (κ2) is 8.00. The highest BCUT2D eigenvalue weighted by Crippen LogP contribution is 2.12. The highest BCUT2D eigenvalue weighted by Gasteiger charge is 2.11. The molecule has 0 spiro atoms. The molecular formula is C13H20NO3S+. The number of rotatable bonds is 7. The van der Waals surface area contributed by atoms with Crippen molar-refractivity contribution in [3.63, 3.8) is 0 Å². The Balaban J connectivity index is 2.52. The lowest BCUT2D eigenvalue weighted by molar-refractivity contribution is 0.0526. The van der Waals surface area contributed by atoms with E-state index in [0.29, 0.717) is 12.2 Å². The number of esters is 1. The standard InChI is InChI=1S/C13H19NO3S/c1-4-17-13(15)11-5-7-12(8-6-11)14-18(3)10-9-16-2/h5-8H,4,9-10H2,1-3H3/p+1.